The van der Waals surface area contributed by atoms with E-state index in [0.29, 0.717) is 16.4 Å². The van der Waals surface area contributed by atoms with Crippen molar-refractivity contribution in [1.29, 1.82) is 0 Å². The van der Waals surface area contributed by atoms with Crippen LogP contribution >= 0.6 is 12.2 Å². The van der Waals surface area contributed by atoms with E-state index in [0.717, 1.165) is 6.54 Å². The number of carbonyl (C=O) groups excluding carboxylic acids is 1. The van der Waals surface area contributed by atoms with Crippen molar-refractivity contribution in [2.75, 3.05) is 19.0 Å². The third kappa shape index (κ3) is 3.20. The molecule has 0 unspecified atom stereocenters. The fourth-order valence-electron chi connectivity index (χ4n) is 1.21. The molecule has 0 aliphatic carbocycles. The lowest BCUT2D eigenvalue weighted by Crippen LogP contribution is -2.28. The second-order valence-electron chi connectivity index (χ2n) is 3.02. The molecule has 0 spiro atoms. The number of ether oxygens (including phenoxy) is 1. The molecule has 0 aromatic heterocycles. The van der Waals surface area contributed by atoms with E-state index in [1.165, 1.54) is 7.11 Å². The lowest BCUT2D eigenvalue weighted by molar-refractivity contribution is 0.0602. The van der Waals surface area contributed by atoms with Crippen LogP contribution < -0.4 is 10.6 Å². The minimum atomic E-state index is -0.387. The lowest BCUT2D eigenvalue weighted by Gasteiger charge is -2.11. The van der Waals surface area contributed by atoms with Gasteiger partial charge in [0.2, 0.25) is 0 Å². The molecular weight excluding hydrogens is 224 g/mol. The Hall–Kier alpha value is -1.62. The van der Waals surface area contributed by atoms with Gasteiger partial charge in [-0.3, -0.25) is 0 Å². The van der Waals surface area contributed by atoms with E-state index in [1.807, 2.05) is 13.0 Å². The number of nitrogens with one attached hydrogen (secondary N) is 2. The maximum atomic E-state index is 11.4. The number of anilines is 1. The summed E-state index contributed by atoms with van der Waals surface area (Å²) < 4.78 is 4.68. The molecule has 0 saturated heterocycles. The molecule has 0 amide bonds. The molecule has 0 radical (unpaired) electrons. The van der Waals surface area contributed by atoms with Crippen LogP contribution in [0.2, 0.25) is 0 Å². The zero-order chi connectivity index (χ0) is 12.0. The zero-order valence-electron chi connectivity index (χ0n) is 9.24. The Morgan fingerprint density at radius 1 is 1.44 bits per heavy atom. The summed E-state index contributed by atoms with van der Waals surface area (Å²) in [7, 11) is 1.35. The Balaban J connectivity index is 2.87. The standard InChI is InChI=1S/C11H14N2O2S/c1-3-12-11(16)13-9-7-5-4-6-8(9)10(14)15-2/h4-7H,3H2,1-2H3,(H2,12,13,16). The molecule has 1 rings (SSSR count). The van der Waals surface area contributed by atoms with Gasteiger partial charge in [-0.05, 0) is 31.3 Å². The summed E-state index contributed by atoms with van der Waals surface area (Å²) in [6.45, 7) is 2.67. The molecule has 0 bridgehead atoms. The highest BCUT2D eigenvalue weighted by atomic mass is 32.1. The van der Waals surface area contributed by atoms with Gasteiger partial charge in [0.1, 0.15) is 0 Å². The summed E-state index contributed by atoms with van der Waals surface area (Å²) in [6, 6.07) is 7.05. The first-order valence-electron chi connectivity index (χ1n) is 4.91. The fourth-order valence-corrected chi connectivity index (χ4v) is 1.46. The molecule has 0 atom stereocenters. The number of para-hydroxylation sites is 1. The minimum absolute atomic E-state index is 0.387. The SMILES string of the molecule is CCNC(=S)Nc1ccccc1C(=O)OC. The molecule has 0 heterocycles. The van der Waals surface area contributed by atoms with E-state index in [2.05, 4.69) is 15.4 Å². The highest BCUT2D eigenvalue weighted by molar-refractivity contribution is 7.80. The molecule has 16 heavy (non-hydrogen) atoms. The van der Waals surface area contributed by atoms with Crippen molar-refractivity contribution in [3.05, 3.63) is 29.8 Å². The number of methoxy groups -OCH3 is 1. The zero-order valence-corrected chi connectivity index (χ0v) is 10.1. The van der Waals surface area contributed by atoms with Crippen molar-refractivity contribution in [3.63, 3.8) is 0 Å². The Labute approximate surface area is 100.0 Å². The molecule has 2 N–H and O–H groups in total. The van der Waals surface area contributed by atoms with Crippen LogP contribution in [0.5, 0.6) is 0 Å². The van der Waals surface area contributed by atoms with Crippen LogP contribution in [0, 0.1) is 0 Å². The van der Waals surface area contributed by atoms with Crippen LogP contribution in [0.3, 0.4) is 0 Å². The van der Waals surface area contributed by atoms with Crippen molar-refractivity contribution in [2.45, 2.75) is 6.92 Å². The van der Waals surface area contributed by atoms with Gasteiger partial charge >= 0.3 is 5.97 Å². The fraction of sp³-hybridized carbons (Fsp3) is 0.273. The maximum Gasteiger partial charge on any atom is 0.339 e. The summed E-state index contributed by atoms with van der Waals surface area (Å²) in [5.74, 6) is -0.387. The average molecular weight is 238 g/mol. The Bertz CT molecular complexity index is 393. The van der Waals surface area contributed by atoms with Gasteiger partial charge in [0.05, 0.1) is 18.4 Å². The van der Waals surface area contributed by atoms with Crippen LogP contribution in [0.25, 0.3) is 0 Å². The van der Waals surface area contributed by atoms with Gasteiger partial charge in [-0.15, -0.1) is 0 Å². The number of rotatable bonds is 3. The summed E-state index contributed by atoms with van der Waals surface area (Å²) >= 11 is 5.04. The molecule has 0 fully saturated rings. The molecule has 0 saturated carbocycles. The van der Waals surface area contributed by atoms with Gasteiger partial charge in [-0.2, -0.15) is 0 Å². The molecule has 1 aromatic rings. The van der Waals surface area contributed by atoms with Gasteiger partial charge < -0.3 is 15.4 Å². The first-order chi connectivity index (χ1) is 7.69. The van der Waals surface area contributed by atoms with Crippen molar-refractivity contribution < 1.29 is 9.53 Å². The predicted molar refractivity (Wildman–Crippen MR) is 67.7 cm³/mol. The monoisotopic (exact) mass is 238 g/mol. The van der Waals surface area contributed by atoms with Gasteiger partial charge in [0.15, 0.2) is 5.11 Å². The molecule has 1 aromatic carbocycles. The highest BCUT2D eigenvalue weighted by Crippen LogP contribution is 2.15. The summed E-state index contributed by atoms with van der Waals surface area (Å²) in [5, 5.41) is 6.38. The molecular formula is C11H14N2O2S. The van der Waals surface area contributed by atoms with Crippen LogP contribution in [-0.2, 0) is 4.74 Å². The molecule has 86 valence electrons. The molecule has 0 aliphatic rings. The minimum Gasteiger partial charge on any atom is -0.465 e. The normalized spacial score (nSPS) is 9.38. The quantitative estimate of drug-likeness (QED) is 0.621. The van der Waals surface area contributed by atoms with Crippen molar-refractivity contribution in [1.82, 2.24) is 5.32 Å². The first-order valence-corrected chi connectivity index (χ1v) is 5.32. The van der Waals surface area contributed by atoms with E-state index >= 15 is 0 Å². The lowest BCUT2D eigenvalue weighted by atomic mass is 10.2. The Morgan fingerprint density at radius 2 is 2.12 bits per heavy atom. The number of hydrogen-bond donors (Lipinski definition) is 2. The second kappa shape index (κ2) is 6.07. The van der Waals surface area contributed by atoms with E-state index in [4.69, 9.17) is 12.2 Å². The van der Waals surface area contributed by atoms with E-state index in [-0.39, 0.29) is 5.97 Å². The maximum absolute atomic E-state index is 11.4. The number of benzene rings is 1. The summed E-state index contributed by atoms with van der Waals surface area (Å²) in [6.07, 6.45) is 0. The van der Waals surface area contributed by atoms with E-state index in [1.54, 1.807) is 18.2 Å². The number of thiocarbonyl (C=S) groups is 1. The number of hydrogen-bond acceptors (Lipinski definition) is 3. The van der Waals surface area contributed by atoms with Crippen LogP contribution in [0.1, 0.15) is 17.3 Å². The molecule has 4 nitrogen and oxygen atoms in total. The Morgan fingerprint density at radius 3 is 2.75 bits per heavy atom. The number of carbonyl (C=O) groups is 1. The van der Waals surface area contributed by atoms with Crippen molar-refractivity contribution >= 4 is 29.0 Å². The molecule has 0 aliphatic heterocycles. The van der Waals surface area contributed by atoms with Gasteiger partial charge in [-0.1, -0.05) is 12.1 Å². The van der Waals surface area contributed by atoms with Crippen molar-refractivity contribution in [3.8, 4) is 0 Å². The highest BCUT2D eigenvalue weighted by Gasteiger charge is 2.11. The van der Waals surface area contributed by atoms with Gasteiger partial charge in [-0.25, -0.2) is 4.79 Å². The largest absolute Gasteiger partial charge is 0.465 e. The van der Waals surface area contributed by atoms with Crippen LogP contribution in [0.15, 0.2) is 24.3 Å². The second-order valence-corrected chi connectivity index (χ2v) is 3.43. The smallest absolute Gasteiger partial charge is 0.339 e. The third-order valence-electron chi connectivity index (χ3n) is 1.92. The summed E-state index contributed by atoms with van der Waals surface area (Å²) in [4.78, 5) is 11.4. The van der Waals surface area contributed by atoms with Crippen LogP contribution in [-0.4, -0.2) is 24.7 Å². The summed E-state index contributed by atoms with van der Waals surface area (Å²) in [5.41, 5.74) is 1.10. The topological polar surface area (TPSA) is 50.4 Å². The molecule has 5 heteroatoms. The first kappa shape index (κ1) is 12.4. The van der Waals surface area contributed by atoms with Gasteiger partial charge in [0.25, 0.3) is 0 Å². The average Bonchev–Trinajstić information content (AvgIpc) is 2.29. The Kier molecular flexibility index (Phi) is 4.72. The predicted octanol–water partition coefficient (Wildman–Crippen LogP) is 1.78. The third-order valence-corrected chi connectivity index (χ3v) is 2.16. The van der Waals surface area contributed by atoms with Crippen LogP contribution in [0.4, 0.5) is 5.69 Å². The van der Waals surface area contributed by atoms with Gasteiger partial charge in [0, 0.05) is 6.54 Å². The van der Waals surface area contributed by atoms with E-state index < -0.39 is 0 Å². The number of esters is 1. The van der Waals surface area contributed by atoms with E-state index in [9.17, 15) is 4.79 Å². The van der Waals surface area contributed by atoms with Crippen molar-refractivity contribution in [2.24, 2.45) is 0 Å².